The number of hydrogen-bond acceptors (Lipinski definition) is 3. The molecular formula is C28H60O3Si4. The molecule has 4 unspecified atom stereocenters. The monoisotopic (exact) mass is 556 g/mol. The highest BCUT2D eigenvalue weighted by molar-refractivity contribution is 6.86. The second-order valence-electron chi connectivity index (χ2n) is 13.2. The average molecular weight is 557 g/mol. The van der Waals surface area contributed by atoms with Gasteiger partial charge in [0, 0.05) is 10.3 Å². The quantitative estimate of drug-likeness (QED) is 0.177. The summed E-state index contributed by atoms with van der Waals surface area (Å²) in [5.41, 5.74) is 5.89. The summed E-state index contributed by atoms with van der Waals surface area (Å²) in [6, 6.07) is 0. The van der Waals surface area contributed by atoms with Crippen LogP contribution >= 0.6 is 0 Å². The lowest BCUT2D eigenvalue weighted by atomic mass is 9.89. The Morgan fingerprint density at radius 3 is 1.37 bits per heavy atom. The van der Waals surface area contributed by atoms with E-state index in [1.54, 1.807) is 0 Å². The van der Waals surface area contributed by atoms with Crippen LogP contribution in [-0.4, -0.2) is 49.1 Å². The van der Waals surface area contributed by atoms with Gasteiger partial charge in [0.1, 0.15) is 8.07 Å². The van der Waals surface area contributed by atoms with Gasteiger partial charge in [0.05, 0.1) is 10.8 Å². The average Bonchev–Trinajstić information content (AvgIpc) is 2.77. The summed E-state index contributed by atoms with van der Waals surface area (Å²) in [7, 11) is -8.72. The first kappa shape index (κ1) is 35.0. The maximum Gasteiger partial charge on any atom is 0.244 e. The van der Waals surface area contributed by atoms with Gasteiger partial charge in [0.25, 0.3) is 0 Å². The topological polar surface area (TPSA) is 27.7 Å². The van der Waals surface area contributed by atoms with Crippen molar-refractivity contribution >= 4 is 33.0 Å². The van der Waals surface area contributed by atoms with Gasteiger partial charge in [-0.3, -0.25) is 0 Å². The second kappa shape index (κ2) is 11.4. The molecule has 0 aromatic carbocycles. The molecule has 0 aliphatic rings. The SMILES string of the molecule is C=C[Si](C)(C)OC(C)(CC)[Si](C)(C=C)OC(C)(CC)C(C)(C)[Si](C)(C)OC(C)(CC)[Si](C)(C)C=C. The van der Waals surface area contributed by atoms with Crippen molar-refractivity contribution in [1.29, 1.82) is 0 Å². The van der Waals surface area contributed by atoms with Gasteiger partial charge in [-0.2, -0.15) is 0 Å². The van der Waals surface area contributed by atoms with E-state index in [9.17, 15) is 0 Å². The maximum absolute atomic E-state index is 7.41. The molecule has 0 saturated heterocycles. The Labute approximate surface area is 224 Å². The van der Waals surface area contributed by atoms with Crippen molar-refractivity contribution in [2.75, 3.05) is 0 Å². The Balaban J connectivity index is 6.64. The summed E-state index contributed by atoms with van der Waals surface area (Å²) in [4.78, 5) is 0. The molecule has 7 heteroatoms. The number of rotatable bonds is 16. The lowest BCUT2D eigenvalue weighted by molar-refractivity contribution is -0.00279. The predicted molar refractivity (Wildman–Crippen MR) is 168 cm³/mol. The molecule has 0 bridgehead atoms. The highest BCUT2D eigenvalue weighted by atomic mass is 28.4. The molecule has 206 valence electrons. The zero-order valence-corrected chi connectivity index (χ0v) is 30.2. The fourth-order valence-electron chi connectivity index (χ4n) is 4.82. The Morgan fingerprint density at radius 1 is 0.600 bits per heavy atom. The van der Waals surface area contributed by atoms with Crippen molar-refractivity contribution in [3.8, 4) is 0 Å². The van der Waals surface area contributed by atoms with Crippen LogP contribution in [0.15, 0.2) is 36.8 Å². The minimum absolute atomic E-state index is 0.170. The van der Waals surface area contributed by atoms with E-state index in [1.165, 1.54) is 0 Å². The summed E-state index contributed by atoms with van der Waals surface area (Å²) in [5.74, 6) is 0. The lowest BCUT2D eigenvalue weighted by Gasteiger charge is -2.59. The zero-order chi connectivity index (χ0) is 28.4. The van der Waals surface area contributed by atoms with E-state index in [4.69, 9.17) is 13.3 Å². The molecule has 3 nitrogen and oxygen atoms in total. The van der Waals surface area contributed by atoms with Crippen molar-refractivity contribution in [3.05, 3.63) is 36.8 Å². The van der Waals surface area contributed by atoms with E-state index in [2.05, 4.69) is 132 Å². The van der Waals surface area contributed by atoms with Crippen LogP contribution in [0.5, 0.6) is 0 Å². The Morgan fingerprint density at radius 2 is 1.06 bits per heavy atom. The molecule has 0 aliphatic heterocycles. The van der Waals surface area contributed by atoms with Crippen molar-refractivity contribution in [3.63, 3.8) is 0 Å². The fraction of sp³-hybridized carbons (Fsp3) is 0.786. The standard InChI is InChI=1S/C28H60O3Si4/c1-19-26(9,29-35(18,24-6)28(11,21-3)30-33(14,15)23-5)25(7,8)34(16,17)31-27(10,20-2)32(12,13)22-4/h22-24H,4-6,19-21H2,1-3,7-18H3. The molecule has 0 spiro atoms. The molecule has 0 radical (unpaired) electrons. The molecular weight excluding hydrogens is 497 g/mol. The Hall–Kier alpha value is -0.0325. The summed E-state index contributed by atoms with van der Waals surface area (Å²) < 4.78 is 21.6. The van der Waals surface area contributed by atoms with Crippen LogP contribution in [0.4, 0.5) is 0 Å². The fourth-order valence-corrected chi connectivity index (χ4v) is 16.9. The van der Waals surface area contributed by atoms with Crippen LogP contribution in [0.2, 0.25) is 50.9 Å². The van der Waals surface area contributed by atoms with E-state index < -0.39 is 43.9 Å². The van der Waals surface area contributed by atoms with Gasteiger partial charge in [-0.15, -0.1) is 19.7 Å². The minimum atomic E-state index is -2.57. The van der Waals surface area contributed by atoms with E-state index in [0.717, 1.165) is 19.3 Å². The minimum Gasteiger partial charge on any atom is -0.414 e. The molecule has 0 aromatic rings. The smallest absolute Gasteiger partial charge is 0.244 e. The van der Waals surface area contributed by atoms with Gasteiger partial charge >= 0.3 is 0 Å². The van der Waals surface area contributed by atoms with E-state index in [-0.39, 0.29) is 10.3 Å². The summed E-state index contributed by atoms with van der Waals surface area (Å²) in [5, 5.41) is -0.738. The molecule has 0 rings (SSSR count). The Kier molecular flexibility index (Phi) is 11.4. The Bertz CT molecular complexity index is 763. The summed E-state index contributed by atoms with van der Waals surface area (Å²) in [6.07, 6.45) is 2.75. The summed E-state index contributed by atoms with van der Waals surface area (Å²) >= 11 is 0. The summed E-state index contributed by atoms with van der Waals surface area (Å²) in [6.45, 7) is 47.0. The number of hydrogen-bond donors (Lipinski definition) is 0. The molecule has 0 amide bonds. The first-order valence-electron chi connectivity index (χ1n) is 13.5. The van der Waals surface area contributed by atoms with Crippen LogP contribution in [0.3, 0.4) is 0 Å². The molecule has 0 aromatic heterocycles. The molecule has 0 saturated carbocycles. The first-order valence-corrected chi connectivity index (χ1v) is 25.0. The zero-order valence-electron chi connectivity index (χ0n) is 26.2. The van der Waals surface area contributed by atoms with Gasteiger partial charge in [-0.05, 0) is 72.8 Å². The van der Waals surface area contributed by atoms with Crippen LogP contribution < -0.4 is 0 Å². The third-order valence-electron chi connectivity index (χ3n) is 10.1. The van der Waals surface area contributed by atoms with Crippen molar-refractivity contribution in [1.82, 2.24) is 0 Å². The van der Waals surface area contributed by atoms with Gasteiger partial charge in [0.15, 0.2) is 8.32 Å². The van der Waals surface area contributed by atoms with E-state index >= 15 is 0 Å². The first-order chi connectivity index (χ1) is 15.5. The molecule has 0 N–H and O–H groups in total. The maximum atomic E-state index is 7.41. The van der Waals surface area contributed by atoms with E-state index in [1.807, 2.05) is 5.70 Å². The lowest BCUT2D eigenvalue weighted by Crippen LogP contribution is -2.68. The normalized spacial score (nSPS) is 20.7. The van der Waals surface area contributed by atoms with Gasteiger partial charge in [0.2, 0.25) is 16.6 Å². The van der Waals surface area contributed by atoms with Crippen LogP contribution in [0.1, 0.15) is 74.7 Å². The molecule has 35 heavy (non-hydrogen) atoms. The molecule has 0 fully saturated rings. The van der Waals surface area contributed by atoms with Gasteiger partial charge in [-0.1, -0.05) is 64.8 Å². The van der Waals surface area contributed by atoms with Crippen LogP contribution in [0, 0.1) is 0 Å². The molecule has 4 atom stereocenters. The van der Waals surface area contributed by atoms with Crippen LogP contribution in [-0.2, 0) is 13.3 Å². The van der Waals surface area contributed by atoms with Gasteiger partial charge in [-0.25, -0.2) is 0 Å². The third-order valence-corrected chi connectivity index (χ3v) is 25.3. The molecule has 0 aliphatic carbocycles. The van der Waals surface area contributed by atoms with Gasteiger partial charge < -0.3 is 13.3 Å². The second-order valence-corrected chi connectivity index (χ2v) is 30.3. The van der Waals surface area contributed by atoms with E-state index in [0.29, 0.717) is 0 Å². The van der Waals surface area contributed by atoms with Crippen LogP contribution in [0.25, 0.3) is 0 Å². The van der Waals surface area contributed by atoms with Crippen molar-refractivity contribution in [2.24, 2.45) is 0 Å². The highest BCUT2D eigenvalue weighted by Crippen LogP contribution is 2.55. The predicted octanol–water partition coefficient (Wildman–Crippen LogP) is 9.27. The largest absolute Gasteiger partial charge is 0.414 e. The van der Waals surface area contributed by atoms with Crippen molar-refractivity contribution in [2.45, 2.75) is 142 Å². The van der Waals surface area contributed by atoms with Crippen molar-refractivity contribution < 1.29 is 13.3 Å². The highest BCUT2D eigenvalue weighted by Gasteiger charge is 2.60. The third kappa shape index (κ3) is 6.70. The molecule has 0 heterocycles.